The first-order valence-electron chi connectivity index (χ1n) is 5.69. The van der Waals surface area contributed by atoms with Crippen molar-refractivity contribution in [3.05, 3.63) is 0 Å². The van der Waals surface area contributed by atoms with E-state index in [0.29, 0.717) is 32.2 Å². The number of aliphatic carboxylic acids is 1. The fraction of sp³-hybridized carbons (Fsp3) is 0.600. The van der Waals surface area contributed by atoms with Crippen LogP contribution in [0.4, 0.5) is 0 Å². The van der Waals surface area contributed by atoms with Crippen LogP contribution < -0.4 is 22.5 Å². The highest BCUT2D eigenvalue weighted by Crippen LogP contribution is 1.96. The molecule has 2 amide bonds. The number of aliphatic imine (C=N–C) groups is 1. The number of nitrogens with zero attached hydrogens (tertiary/aromatic N) is 1. The molecule has 19 heavy (non-hydrogen) atoms. The van der Waals surface area contributed by atoms with Crippen molar-refractivity contribution >= 4 is 23.7 Å². The lowest BCUT2D eigenvalue weighted by Crippen LogP contribution is -2.30. The number of guanidine groups is 1. The summed E-state index contributed by atoms with van der Waals surface area (Å²) in [7, 11) is 0. The number of imide groups is 1. The quantitative estimate of drug-likeness (QED) is 0.164. The Morgan fingerprint density at radius 2 is 1.84 bits per heavy atom. The van der Waals surface area contributed by atoms with E-state index in [1.165, 1.54) is 0 Å². The van der Waals surface area contributed by atoms with Gasteiger partial charge in [-0.15, -0.1) is 0 Å². The standard InChI is InChI=1S/C6H14N4O2.C4H5NO2/c7-4(5(11)12)2-1-3-10-6(8)9;6-3-1-2-4(7)5-3/h4H,1-3,7H2,(H,11,12)(H4,8,9,10);1-2H2,(H,5,6,7)/t4-;/m0./s1. The molecule has 1 saturated heterocycles. The number of carboxylic acids is 1. The first-order valence-corrected chi connectivity index (χ1v) is 5.69. The third kappa shape index (κ3) is 9.53. The number of rotatable bonds is 5. The van der Waals surface area contributed by atoms with Gasteiger partial charge in [0.1, 0.15) is 6.04 Å². The van der Waals surface area contributed by atoms with Crippen molar-refractivity contribution in [2.24, 2.45) is 22.2 Å². The van der Waals surface area contributed by atoms with Crippen molar-refractivity contribution in [3.63, 3.8) is 0 Å². The Balaban J connectivity index is 0.000000388. The summed E-state index contributed by atoms with van der Waals surface area (Å²) in [6, 6.07) is -0.820. The Morgan fingerprint density at radius 3 is 2.16 bits per heavy atom. The van der Waals surface area contributed by atoms with Gasteiger partial charge in [0.05, 0.1) is 0 Å². The molecule has 0 saturated carbocycles. The second-order valence-corrected chi connectivity index (χ2v) is 3.86. The Labute approximate surface area is 110 Å². The average Bonchev–Trinajstić information content (AvgIpc) is 2.68. The average molecular weight is 273 g/mol. The number of carbonyl (C=O) groups excluding carboxylic acids is 2. The Hall–Kier alpha value is -2.16. The Kier molecular flexibility index (Phi) is 7.85. The highest BCUT2D eigenvalue weighted by atomic mass is 16.4. The third-order valence-electron chi connectivity index (χ3n) is 2.14. The van der Waals surface area contributed by atoms with Crippen LogP contribution in [-0.4, -0.2) is 41.4 Å². The van der Waals surface area contributed by atoms with Gasteiger partial charge in [0.25, 0.3) is 0 Å². The molecule has 1 heterocycles. The fourth-order valence-corrected chi connectivity index (χ4v) is 1.15. The molecule has 1 atom stereocenters. The molecule has 1 fully saturated rings. The number of amides is 2. The number of nitrogens with two attached hydrogens (primary N) is 3. The van der Waals surface area contributed by atoms with Crippen molar-refractivity contribution in [1.29, 1.82) is 0 Å². The molecule has 0 spiro atoms. The van der Waals surface area contributed by atoms with Crippen molar-refractivity contribution in [3.8, 4) is 0 Å². The van der Waals surface area contributed by atoms with Gasteiger partial charge in [0.2, 0.25) is 11.8 Å². The van der Waals surface area contributed by atoms with E-state index in [1.54, 1.807) is 0 Å². The van der Waals surface area contributed by atoms with Gasteiger partial charge in [-0.25, -0.2) is 0 Å². The van der Waals surface area contributed by atoms with Gasteiger partial charge < -0.3 is 22.3 Å². The van der Waals surface area contributed by atoms with E-state index in [0.717, 1.165) is 0 Å². The topological polar surface area (TPSA) is 174 Å². The number of hydrogen-bond acceptors (Lipinski definition) is 5. The number of nitrogens with one attached hydrogen (secondary N) is 1. The van der Waals surface area contributed by atoms with E-state index in [4.69, 9.17) is 22.3 Å². The lowest BCUT2D eigenvalue weighted by atomic mass is 10.2. The van der Waals surface area contributed by atoms with E-state index in [2.05, 4.69) is 10.3 Å². The van der Waals surface area contributed by atoms with Crippen molar-refractivity contribution in [1.82, 2.24) is 5.32 Å². The predicted molar refractivity (Wildman–Crippen MR) is 67.9 cm³/mol. The molecule has 0 aromatic carbocycles. The monoisotopic (exact) mass is 273 g/mol. The minimum Gasteiger partial charge on any atom is -0.480 e. The third-order valence-corrected chi connectivity index (χ3v) is 2.14. The summed E-state index contributed by atoms with van der Waals surface area (Å²) >= 11 is 0. The largest absolute Gasteiger partial charge is 0.480 e. The molecule has 108 valence electrons. The Bertz CT molecular complexity index is 351. The fourth-order valence-electron chi connectivity index (χ4n) is 1.15. The second-order valence-electron chi connectivity index (χ2n) is 3.86. The van der Waals surface area contributed by atoms with Crippen molar-refractivity contribution < 1.29 is 19.5 Å². The molecule has 0 unspecified atom stereocenters. The number of carbonyl (C=O) groups is 3. The van der Waals surface area contributed by atoms with Gasteiger partial charge in [-0.2, -0.15) is 0 Å². The summed E-state index contributed by atoms with van der Waals surface area (Å²) in [5.41, 5.74) is 15.3. The SMILES string of the molecule is NC(N)=NCCC[C@H](N)C(=O)O.O=C1CCC(=O)N1. The summed E-state index contributed by atoms with van der Waals surface area (Å²) < 4.78 is 0. The number of hydrogen-bond donors (Lipinski definition) is 5. The maximum atomic E-state index is 10.2. The van der Waals surface area contributed by atoms with Crippen molar-refractivity contribution in [2.75, 3.05) is 6.54 Å². The lowest BCUT2D eigenvalue weighted by molar-refractivity contribution is -0.138. The first-order chi connectivity index (χ1) is 8.82. The van der Waals surface area contributed by atoms with Gasteiger partial charge in [-0.05, 0) is 12.8 Å². The van der Waals surface area contributed by atoms with Gasteiger partial charge >= 0.3 is 5.97 Å². The summed E-state index contributed by atoms with van der Waals surface area (Å²) in [5, 5.41) is 10.5. The molecule has 9 heteroatoms. The van der Waals surface area contributed by atoms with Crippen LogP contribution in [0.25, 0.3) is 0 Å². The summed E-state index contributed by atoms with van der Waals surface area (Å²) in [4.78, 5) is 34.1. The molecule has 9 nitrogen and oxygen atoms in total. The molecule has 1 aliphatic rings. The van der Waals surface area contributed by atoms with E-state index < -0.39 is 12.0 Å². The van der Waals surface area contributed by atoms with Crippen LogP contribution >= 0.6 is 0 Å². The molecule has 0 aliphatic carbocycles. The summed E-state index contributed by atoms with van der Waals surface area (Å²) in [6.07, 6.45) is 1.70. The molecule has 0 bridgehead atoms. The van der Waals surface area contributed by atoms with Crippen LogP contribution in [0.2, 0.25) is 0 Å². The highest BCUT2D eigenvalue weighted by Gasteiger charge is 2.15. The minimum absolute atomic E-state index is 0.0129. The van der Waals surface area contributed by atoms with Crippen LogP contribution in [-0.2, 0) is 14.4 Å². The smallest absolute Gasteiger partial charge is 0.320 e. The van der Waals surface area contributed by atoms with E-state index >= 15 is 0 Å². The molecule has 8 N–H and O–H groups in total. The van der Waals surface area contributed by atoms with Crippen molar-refractivity contribution in [2.45, 2.75) is 31.7 Å². The zero-order chi connectivity index (χ0) is 14.8. The van der Waals surface area contributed by atoms with E-state index in [-0.39, 0.29) is 17.8 Å². The Morgan fingerprint density at radius 1 is 1.32 bits per heavy atom. The van der Waals surface area contributed by atoms with Gasteiger partial charge in [-0.3, -0.25) is 24.7 Å². The van der Waals surface area contributed by atoms with Crippen LogP contribution in [0.5, 0.6) is 0 Å². The van der Waals surface area contributed by atoms with E-state index in [1.807, 2.05) is 0 Å². The highest BCUT2D eigenvalue weighted by molar-refractivity contribution is 6.01. The van der Waals surface area contributed by atoms with Crippen LogP contribution in [0.1, 0.15) is 25.7 Å². The van der Waals surface area contributed by atoms with Crippen LogP contribution in [0.3, 0.4) is 0 Å². The van der Waals surface area contributed by atoms with Gasteiger partial charge in [0.15, 0.2) is 5.96 Å². The zero-order valence-electron chi connectivity index (χ0n) is 10.5. The maximum absolute atomic E-state index is 10.2. The number of carboxylic acid groups (broad SMARTS) is 1. The van der Waals surface area contributed by atoms with Crippen LogP contribution in [0, 0.1) is 0 Å². The molecular formula is C10H19N5O4. The minimum atomic E-state index is -1.00. The molecule has 1 rings (SSSR count). The van der Waals surface area contributed by atoms with Gasteiger partial charge in [0, 0.05) is 19.4 Å². The first kappa shape index (κ1) is 16.8. The molecule has 0 aromatic heterocycles. The molecule has 1 aliphatic heterocycles. The molecule has 0 aromatic rings. The normalized spacial score (nSPS) is 15.0. The summed E-state index contributed by atoms with van der Waals surface area (Å²) in [5.74, 6) is -1.28. The lowest BCUT2D eigenvalue weighted by Gasteiger charge is -2.03. The zero-order valence-corrected chi connectivity index (χ0v) is 10.5. The maximum Gasteiger partial charge on any atom is 0.320 e. The molecular weight excluding hydrogens is 254 g/mol. The van der Waals surface area contributed by atoms with E-state index in [9.17, 15) is 14.4 Å². The van der Waals surface area contributed by atoms with Gasteiger partial charge in [-0.1, -0.05) is 0 Å². The summed E-state index contributed by atoms with van der Waals surface area (Å²) in [6.45, 7) is 0.420. The second kappa shape index (κ2) is 8.86. The van der Waals surface area contributed by atoms with Crippen LogP contribution in [0.15, 0.2) is 4.99 Å². The predicted octanol–water partition coefficient (Wildman–Crippen LogP) is -2.13. The molecule has 0 radical (unpaired) electrons.